The molecule has 6 heteroatoms. The third-order valence-electron chi connectivity index (χ3n) is 2.78. The van der Waals surface area contributed by atoms with Gasteiger partial charge in [-0.3, -0.25) is 0 Å². The van der Waals surface area contributed by atoms with Gasteiger partial charge in [-0.2, -0.15) is 0 Å². The van der Waals surface area contributed by atoms with Crippen LogP contribution in [0, 0.1) is 18.6 Å². The molecule has 0 aliphatic carbocycles. The van der Waals surface area contributed by atoms with Crippen molar-refractivity contribution in [3.8, 4) is 0 Å². The number of hydrogen-bond acceptors (Lipinski definition) is 3. The lowest BCUT2D eigenvalue weighted by atomic mass is 10.1. The fraction of sp³-hybridized carbons (Fsp3) is 0.357. The molecule has 3 nitrogen and oxygen atoms in total. The lowest BCUT2D eigenvalue weighted by molar-refractivity contribution is 0.542. The molecule has 20 heavy (non-hydrogen) atoms. The number of aryl methyl sites for hydroxylation is 1. The number of halogens is 2. The molecule has 1 aromatic heterocycles. The first-order valence-corrected chi connectivity index (χ1v) is 7.15. The van der Waals surface area contributed by atoms with E-state index in [2.05, 4.69) is 4.40 Å². The average molecular weight is 299 g/mol. The lowest BCUT2D eigenvalue weighted by Crippen LogP contribution is -2.25. The van der Waals surface area contributed by atoms with Gasteiger partial charge in [0.25, 0.3) is 0 Å². The summed E-state index contributed by atoms with van der Waals surface area (Å²) < 4.78 is 47.3. The van der Waals surface area contributed by atoms with E-state index in [9.17, 15) is 13.3 Å². The molecule has 0 spiro atoms. The summed E-state index contributed by atoms with van der Waals surface area (Å²) in [6, 6.07) is 1.97. The van der Waals surface area contributed by atoms with Gasteiger partial charge in [0.05, 0.1) is 0 Å². The van der Waals surface area contributed by atoms with Crippen LogP contribution in [0.5, 0.6) is 0 Å². The molecule has 0 saturated carbocycles. The Morgan fingerprint density at radius 1 is 1.30 bits per heavy atom. The summed E-state index contributed by atoms with van der Waals surface area (Å²) in [7, 11) is 0. The van der Waals surface area contributed by atoms with E-state index in [0.29, 0.717) is 10.9 Å². The van der Waals surface area contributed by atoms with E-state index in [1.165, 1.54) is 12.3 Å². The highest BCUT2D eigenvalue weighted by molar-refractivity contribution is 7.91. The summed E-state index contributed by atoms with van der Waals surface area (Å²) in [5.74, 6) is -1.15. The van der Waals surface area contributed by atoms with Crippen LogP contribution in [0.1, 0.15) is 32.1 Å². The molecule has 1 heterocycles. The molecule has 0 N–H and O–H groups in total. The normalized spacial score (nSPS) is 14.3. The highest BCUT2D eigenvalue weighted by atomic mass is 32.2. The molecule has 2 aromatic rings. The van der Waals surface area contributed by atoms with Gasteiger partial charge < -0.3 is 8.97 Å². The quantitative estimate of drug-likeness (QED) is 0.623. The molecule has 108 valence electrons. The topological polar surface area (TPSA) is 48.6 Å². The Hall–Kier alpha value is -1.40. The van der Waals surface area contributed by atoms with Crippen molar-refractivity contribution in [3.05, 3.63) is 35.1 Å². The maximum Gasteiger partial charge on any atom is 0.170 e. The van der Waals surface area contributed by atoms with E-state index >= 15 is 0 Å². The van der Waals surface area contributed by atoms with Crippen molar-refractivity contribution >= 4 is 28.5 Å². The third-order valence-corrected chi connectivity index (χ3v) is 4.13. The minimum atomic E-state index is -1.44. The second-order valence-electron chi connectivity index (χ2n) is 5.45. The summed E-state index contributed by atoms with van der Waals surface area (Å²) in [5.41, 5.74) is 0.542. The van der Waals surface area contributed by atoms with Crippen molar-refractivity contribution in [2.45, 2.75) is 32.4 Å². The van der Waals surface area contributed by atoms with Gasteiger partial charge in [0, 0.05) is 17.0 Å². The van der Waals surface area contributed by atoms with Crippen LogP contribution >= 0.6 is 0 Å². The van der Waals surface area contributed by atoms with Crippen molar-refractivity contribution in [2.24, 2.45) is 4.40 Å². The Labute approximate surface area is 119 Å². The van der Waals surface area contributed by atoms with Gasteiger partial charge in [-0.15, -0.1) is 0 Å². The highest BCUT2D eigenvalue weighted by Gasteiger charge is 2.26. The highest BCUT2D eigenvalue weighted by Crippen LogP contribution is 2.28. The average Bonchev–Trinajstić information content (AvgIpc) is 2.63. The van der Waals surface area contributed by atoms with Crippen LogP contribution in [0.25, 0.3) is 11.0 Å². The first-order chi connectivity index (χ1) is 9.20. The van der Waals surface area contributed by atoms with Crippen LogP contribution in [-0.4, -0.2) is 15.5 Å². The van der Waals surface area contributed by atoms with E-state index in [0.717, 1.165) is 6.07 Å². The van der Waals surface area contributed by atoms with Gasteiger partial charge in [-0.25, -0.2) is 8.78 Å². The molecule has 0 unspecified atom stereocenters. The standard InChI is InChI=1S/C14H15F2NO2S/c1-8-10-5-9(15)6-11(16)13(10)19-12(8)7-17-20(18)14(2,3)4/h5-7H,1-4H3/b17-7-/t20-/m0/s1. The summed E-state index contributed by atoms with van der Waals surface area (Å²) in [5, 5.41) is 0.352. The molecule has 2 rings (SSSR count). The maximum absolute atomic E-state index is 13.6. The number of fused-ring (bicyclic) bond motifs is 1. The van der Waals surface area contributed by atoms with Crippen LogP contribution in [0.3, 0.4) is 0 Å². The molecular formula is C14H15F2NO2S. The van der Waals surface area contributed by atoms with Crippen LogP contribution in [0.2, 0.25) is 0 Å². The molecule has 0 aliphatic heterocycles. The first kappa shape index (κ1) is 15.0. The molecule has 0 radical (unpaired) electrons. The zero-order chi connectivity index (χ0) is 15.1. The van der Waals surface area contributed by atoms with Crippen molar-refractivity contribution in [2.75, 3.05) is 0 Å². The number of hydrogen-bond donors (Lipinski definition) is 0. The molecular weight excluding hydrogens is 284 g/mol. The second kappa shape index (κ2) is 5.18. The second-order valence-corrected chi connectivity index (χ2v) is 7.39. The van der Waals surface area contributed by atoms with Crippen LogP contribution < -0.4 is 0 Å². The minimum absolute atomic E-state index is 0.0214. The van der Waals surface area contributed by atoms with E-state index in [-0.39, 0.29) is 11.3 Å². The van der Waals surface area contributed by atoms with Crippen LogP contribution in [0.4, 0.5) is 8.78 Å². The van der Waals surface area contributed by atoms with E-state index in [1.54, 1.807) is 27.7 Å². The molecule has 0 fully saturated rings. The summed E-state index contributed by atoms with van der Waals surface area (Å²) in [6.45, 7) is 7.05. The summed E-state index contributed by atoms with van der Waals surface area (Å²) >= 11 is -1.44. The fourth-order valence-electron chi connectivity index (χ4n) is 1.64. The zero-order valence-corrected chi connectivity index (χ0v) is 12.5. The zero-order valence-electron chi connectivity index (χ0n) is 11.7. The monoisotopic (exact) mass is 299 g/mol. The summed E-state index contributed by atoms with van der Waals surface area (Å²) in [4.78, 5) is 0. The lowest BCUT2D eigenvalue weighted by Gasteiger charge is -2.17. The Morgan fingerprint density at radius 2 is 1.95 bits per heavy atom. The Morgan fingerprint density at radius 3 is 2.55 bits per heavy atom. The Kier molecular flexibility index (Phi) is 3.88. The first-order valence-electron chi connectivity index (χ1n) is 6.04. The predicted octanol–water partition coefficient (Wildman–Crippen LogP) is 3.90. The molecule has 0 amide bonds. The number of benzene rings is 1. The molecule has 1 atom stereocenters. The summed E-state index contributed by atoms with van der Waals surface area (Å²) in [6.07, 6.45) is 1.30. The molecule has 1 aromatic carbocycles. The smallest absolute Gasteiger partial charge is 0.170 e. The van der Waals surface area contributed by atoms with Gasteiger partial charge in [-0.05, 0) is 33.8 Å². The van der Waals surface area contributed by atoms with E-state index in [4.69, 9.17) is 4.42 Å². The van der Waals surface area contributed by atoms with Gasteiger partial charge >= 0.3 is 0 Å². The van der Waals surface area contributed by atoms with Crippen LogP contribution in [-0.2, 0) is 11.4 Å². The van der Waals surface area contributed by atoms with Gasteiger partial charge in [0.1, 0.15) is 28.1 Å². The van der Waals surface area contributed by atoms with Crippen molar-refractivity contribution in [1.82, 2.24) is 0 Å². The van der Waals surface area contributed by atoms with Crippen molar-refractivity contribution in [3.63, 3.8) is 0 Å². The maximum atomic E-state index is 13.6. The van der Waals surface area contributed by atoms with E-state index < -0.39 is 27.7 Å². The fourth-order valence-corrected chi connectivity index (χ4v) is 2.15. The van der Waals surface area contributed by atoms with Crippen molar-refractivity contribution in [1.29, 1.82) is 0 Å². The number of nitrogens with zero attached hydrogens (tertiary/aromatic N) is 1. The molecule has 0 aliphatic rings. The SMILES string of the molecule is Cc1c(/C=N\[S@@+]([O-])C(C)(C)C)oc2c(F)cc(F)cc12. The number of furan rings is 1. The van der Waals surface area contributed by atoms with Crippen molar-refractivity contribution < 1.29 is 17.8 Å². The van der Waals surface area contributed by atoms with E-state index in [1.807, 2.05) is 0 Å². The Bertz CT molecular complexity index is 674. The van der Waals surface area contributed by atoms with Gasteiger partial charge in [-0.1, -0.05) is 4.40 Å². The van der Waals surface area contributed by atoms with Crippen LogP contribution in [0.15, 0.2) is 20.9 Å². The predicted molar refractivity (Wildman–Crippen MR) is 76.4 cm³/mol. The number of rotatable bonds is 2. The van der Waals surface area contributed by atoms with Gasteiger partial charge in [0.15, 0.2) is 17.2 Å². The van der Waals surface area contributed by atoms with Gasteiger partial charge in [0.2, 0.25) is 0 Å². The third kappa shape index (κ3) is 2.86. The molecule has 0 saturated heterocycles. The minimum Gasteiger partial charge on any atom is -0.591 e. The Balaban J connectivity index is 2.44. The largest absolute Gasteiger partial charge is 0.591 e. The molecule has 0 bridgehead atoms.